The third kappa shape index (κ3) is 5.35. The van der Waals surface area contributed by atoms with Crippen LogP contribution in [0.3, 0.4) is 0 Å². The van der Waals surface area contributed by atoms with Crippen molar-refractivity contribution < 1.29 is 32.2 Å². The van der Waals surface area contributed by atoms with E-state index in [0.29, 0.717) is 5.56 Å². The van der Waals surface area contributed by atoms with E-state index >= 15 is 0 Å². The van der Waals surface area contributed by atoms with Gasteiger partial charge >= 0.3 is 18.1 Å². The van der Waals surface area contributed by atoms with E-state index in [2.05, 4.69) is 15.0 Å². The lowest BCUT2D eigenvalue weighted by molar-refractivity contribution is -0.138. The maximum absolute atomic E-state index is 12.9. The summed E-state index contributed by atoms with van der Waals surface area (Å²) in [6, 6.07) is 6.37. The molecule has 1 aromatic heterocycles. The van der Waals surface area contributed by atoms with Crippen LogP contribution < -0.4 is 11.1 Å². The summed E-state index contributed by atoms with van der Waals surface area (Å²) in [7, 11) is 2.37. The fraction of sp³-hybridized carbons (Fsp3) is 0.250. The Kier molecular flexibility index (Phi) is 7.17. The summed E-state index contributed by atoms with van der Waals surface area (Å²) in [5, 5.41) is 2.76. The summed E-state index contributed by atoms with van der Waals surface area (Å²) < 4.78 is 48.2. The van der Waals surface area contributed by atoms with E-state index in [0.717, 1.165) is 19.2 Å². The molecule has 2 rings (SSSR count). The van der Waals surface area contributed by atoms with Crippen molar-refractivity contribution in [2.24, 2.45) is 5.73 Å². The molecule has 1 aromatic carbocycles. The highest BCUT2D eigenvalue weighted by Gasteiger charge is 2.30. The van der Waals surface area contributed by atoms with Crippen molar-refractivity contribution in [3.05, 3.63) is 70.7 Å². The van der Waals surface area contributed by atoms with Gasteiger partial charge in [0.05, 0.1) is 31.4 Å². The number of aromatic nitrogens is 1. The van der Waals surface area contributed by atoms with Crippen LogP contribution in [-0.4, -0.2) is 31.1 Å². The molecule has 0 fully saturated rings. The molecule has 10 heteroatoms. The van der Waals surface area contributed by atoms with Crippen molar-refractivity contribution in [1.82, 2.24) is 4.98 Å². The van der Waals surface area contributed by atoms with Gasteiger partial charge in [0.1, 0.15) is 5.69 Å². The lowest BCUT2D eigenvalue weighted by Gasteiger charge is -2.19. The zero-order chi connectivity index (χ0) is 22.5. The zero-order valence-corrected chi connectivity index (χ0v) is 16.4. The third-order valence-corrected chi connectivity index (χ3v) is 4.18. The molecule has 0 aliphatic heterocycles. The van der Waals surface area contributed by atoms with E-state index in [-0.39, 0.29) is 22.7 Å². The van der Waals surface area contributed by atoms with Gasteiger partial charge in [-0.15, -0.1) is 0 Å². The van der Waals surface area contributed by atoms with E-state index in [1.165, 1.54) is 44.5 Å². The minimum absolute atomic E-state index is 0.0115. The maximum atomic E-state index is 12.9. The molecule has 1 unspecified atom stereocenters. The molecule has 0 saturated carbocycles. The number of carbonyl (C=O) groups is 2. The third-order valence-electron chi connectivity index (χ3n) is 4.18. The summed E-state index contributed by atoms with van der Waals surface area (Å²) in [5.41, 5.74) is 6.10. The number of pyridine rings is 1. The van der Waals surface area contributed by atoms with Crippen LogP contribution in [0.1, 0.15) is 34.6 Å². The molecule has 0 aliphatic carbocycles. The quantitative estimate of drug-likeness (QED) is 0.542. The molecule has 0 radical (unpaired) electrons. The number of halogens is 3. The summed E-state index contributed by atoms with van der Waals surface area (Å²) >= 11 is 0. The Morgan fingerprint density at radius 1 is 1.13 bits per heavy atom. The van der Waals surface area contributed by atoms with Gasteiger partial charge in [-0.1, -0.05) is 12.1 Å². The second-order valence-electron chi connectivity index (χ2n) is 6.18. The maximum Gasteiger partial charge on any atom is 0.416 e. The number of allylic oxidation sites excluding steroid dienone is 1. The Balaban J connectivity index is 2.39. The SMILES string of the molecule is COC(=O)/C(=C(\C)Nc1cccc(C(F)(F)F)c1)C(N)c1ccc(C(=O)OC)nc1. The van der Waals surface area contributed by atoms with Gasteiger partial charge in [-0.3, -0.25) is 0 Å². The summed E-state index contributed by atoms with van der Waals surface area (Å²) in [6.45, 7) is 1.49. The number of methoxy groups -OCH3 is 2. The first-order valence-corrected chi connectivity index (χ1v) is 8.61. The number of hydrogen-bond donors (Lipinski definition) is 2. The molecular weight excluding hydrogens is 403 g/mol. The van der Waals surface area contributed by atoms with E-state index in [1.807, 2.05) is 0 Å². The summed E-state index contributed by atoms with van der Waals surface area (Å²) in [5.74, 6) is -1.40. The number of benzene rings is 1. The van der Waals surface area contributed by atoms with Crippen LogP contribution in [0.5, 0.6) is 0 Å². The Morgan fingerprint density at radius 3 is 2.37 bits per heavy atom. The minimum atomic E-state index is -4.51. The number of rotatable bonds is 6. The molecule has 160 valence electrons. The highest BCUT2D eigenvalue weighted by molar-refractivity contribution is 5.91. The van der Waals surface area contributed by atoms with Gasteiger partial charge in [0, 0.05) is 17.6 Å². The van der Waals surface area contributed by atoms with Gasteiger partial charge in [-0.25, -0.2) is 14.6 Å². The van der Waals surface area contributed by atoms with Gasteiger partial charge in [-0.05, 0) is 36.8 Å². The number of ether oxygens (including phenoxy) is 2. The molecular formula is C20H20F3N3O4. The van der Waals surface area contributed by atoms with Crippen LogP contribution >= 0.6 is 0 Å². The van der Waals surface area contributed by atoms with Gasteiger partial charge in [-0.2, -0.15) is 13.2 Å². The van der Waals surface area contributed by atoms with Crippen LogP contribution in [0, 0.1) is 0 Å². The molecule has 0 amide bonds. The van der Waals surface area contributed by atoms with Crippen LogP contribution in [0.15, 0.2) is 53.9 Å². The van der Waals surface area contributed by atoms with E-state index in [9.17, 15) is 22.8 Å². The highest BCUT2D eigenvalue weighted by atomic mass is 19.4. The first-order valence-electron chi connectivity index (χ1n) is 8.61. The summed E-state index contributed by atoms with van der Waals surface area (Å²) in [4.78, 5) is 27.8. The molecule has 7 nitrogen and oxygen atoms in total. The molecule has 0 saturated heterocycles. The van der Waals surface area contributed by atoms with Gasteiger partial charge < -0.3 is 20.5 Å². The lowest BCUT2D eigenvalue weighted by Crippen LogP contribution is -2.24. The molecule has 30 heavy (non-hydrogen) atoms. The molecule has 0 aliphatic rings. The fourth-order valence-corrected chi connectivity index (χ4v) is 2.66. The average Bonchev–Trinajstić information content (AvgIpc) is 2.72. The standard InChI is InChI=1S/C20H20F3N3O4/c1-11(26-14-6-4-5-13(9-14)20(21,22)23)16(19(28)30-3)17(24)12-7-8-15(25-10-12)18(27)29-2/h4-10,17,26H,24H2,1-3H3/b16-11+. The van der Waals surface area contributed by atoms with Gasteiger partial charge in [0.25, 0.3) is 0 Å². The van der Waals surface area contributed by atoms with Crippen LogP contribution in [0.2, 0.25) is 0 Å². The Labute approximate surface area is 170 Å². The number of nitrogens with one attached hydrogen (secondary N) is 1. The average molecular weight is 423 g/mol. The van der Waals surface area contributed by atoms with Crippen molar-refractivity contribution in [2.45, 2.75) is 19.1 Å². The molecule has 1 atom stereocenters. The van der Waals surface area contributed by atoms with Crippen molar-refractivity contribution in [3.63, 3.8) is 0 Å². The predicted octanol–water partition coefficient (Wildman–Crippen LogP) is 3.45. The number of nitrogens with zero attached hydrogens (tertiary/aromatic N) is 1. The zero-order valence-electron chi connectivity index (χ0n) is 16.4. The molecule has 2 aromatic rings. The number of hydrogen-bond acceptors (Lipinski definition) is 7. The highest BCUT2D eigenvalue weighted by Crippen LogP contribution is 2.31. The van der Waals surface area contributed by atoms with Crippen molar-refractivity contribution in [2.75, 3.05) is 19.5 Å². The largest absolute Gasteiger partial charge is 0.466 e. The first kappa shape index (κ1) is 22.9. The van der Waals surface area contributed by atoms with Gasteiger partial charge in [0.2, 0.25) is 0 Å². The minimum Gasteiger partial charge on any atom is -0.466 e. The first-order chi connectivity index (χ1) is 14.1. The second-order valence-corrected chi connectivity index (χ2v) is 6.18. The number of carbonyl (C=O) groups excluding carboxylic acids is 2. The summed E-state index contributed by atoms with van der Waals surface area (Å²) in [6.07, 6.45) is -3.21. The van der Waals surface area contributed by atoms with Crippen molar-refractivity contribution >= 4 is 17.6 Å². The Hall–Kier alpha value is -3.40. The molecule has 0 spiro atoms. The number of nitrogens with two attached hydrogens (primary N) is 1. The number of alkyl halides is 3. The van der Waals surface area contributed by atoms with Crippen LogP contribution in [0.4, 0.5) is 18.9 Å². The van der Waals surface area contributed by atoms with Crippen molar-refractivity contribution in [1.29, 1.82) is 0 Å². The number of anilines is 1. The lowest BCUT2D eigenvalue weighted by atomic mass is 9.99. The number of esters is 2. The van der Waals surface area contributed by atoms with E-state index in [4.69, 9.17) is 10.5 Å². The second kappa shape index (κ2) is 9.40. The van der Waals surface area contributed by atoms with E-state index < -0.39 is 29.7 Å². The normalized spacial score (nSPS) is 13.2. The Bertz CT molecular complexity index is 957. The van der Waals surface area contributed by atoms with E-state index in [1.54, 1.807) is 0 Å². The molecule has 0 bridgehead atoms. The topological polar surface area (TPSA) is 104 Å². The van der Waals surface area contributed by atoms with Crippen molar-refractivity contribution in [3.8, 4) is 0 Å². The van der Waals surface area contributed by atoms with Crippen LogP contribution in [-0.2, 0) is 20.4 Å². The monoisotopic (exact) mass is 423 g/mol. The molecule has 3 N–H and O–H groups in total. The Morgan fingerprint density at radius 2 is 1.83 bits per heavy atom. The fourth-order valence-electron chi connectivity index (χ4n) is 2.66. The predicted molar refractivity (Wildman–Crippen MR) is 102 cm³/mol. The van der Waals surface area contributed by atoms with Crippen LogP contribution in [0.25, 0.3) is 0 Å². The van der Waals surface area contributed by atoms with Gasteiger partial charge in [0.15, 0.2) is 0 Å². The smallest absolute Gasteiger partial charge is 0.416 e. The molecule has 1 heterocycles.